The van der Waals surface area contributed by atoms with Crippen molar-refractivity contribution in [1.82, 2.24) is 9.88 Å². The standard InChI is InChI=1S/C12H21N3OS/c1-9-14-7-10(17-9)8-15(4)11(16)5-6-12(2,3)13/h7H,5-6,8,13H2,1-4H3. The second-order valence-electron chi connectivity index (χ2n) is 5.08. The maximum atomic E-state index is 11.9. The van der Waals surface area contributed by atoms with Crippen LogP contribution in [0.25, 0.3) is 0 Å². The highest BCUT2D eigenvalue weighted by Gasteiger charge is 2.16. The first-order chi connectivity index (χ1) is 7.78. The predicted molar refractivity (Wildman–Crippen MR) is 70.8 cm³/mol. The van der Waals surface area contributed by atoms with Gasteiger partial charge in [0.15, 0.2) is 0 Å². The van der Waals surface area contributed by atoms with Crippen molar-refractivity contribution in [2.45, 2.75) is 45.7 Å². The summed E-state index contributed by atoms with van der Waals surface area (Å²) in [6.07, 6.45) is 3.03. The molecule has 0 unspecified atom stereocenters. The van der Waals surface area contributed by atoms with Crippen LogP contribution < -0.4 is 5.73 Å². The Hall–Kier alpha value is -0.940. The SMILES string of the molecule is Cc1ncc(CN(C)C(=O)CCC(C)(C)N)s1. The lowest BCUT2D eigenvalue weighted by Gasteiger charge is -2.21. The van der Waals surface area contributed by atoms with Crippen molar-refractivity contribution in [1.29, 1.82) is 0 Å². The first-order valence-electron chi connectivity index (χ1n) is 5.72. The third kappa shape index (κ3) is 5.28. The Balaban J connectivity index is 2.42. The lowest BCUT2D eigenvalue weighted by molar-refractivity contribution is -0.130. The van der Waals surface area contributed by atoms with Crippen LogP contribution in [-0.4, -0.2) is 28.4 Å². The number of aromatic nitrogens is 1. The van der Waals surface area contributed by atoms with Crippen molar-refractivity contribution >= 4 is 17.2 Å². The quantitative estimate of drug-likeness (QED) is 0.874. The largest absolute Gasteiger partial charge is 0.341 e. The van der Waals surface area contributed by atoms with Gasteiger partial charge in [-0.2, -0.15) is 0 Å². The fraction of sp³-hybridized carbons (Fsp3) is 0.667. The van der Waals surface area contributed by atoms with Gasteiger partial charge in [0.25, 0.3) is 0 Å². The van der Waals surface area contributed by atoms with E-state index >= 15 is 0 Å². The van der Waals surface area contributed by atoms with E-state index in [9.17, 15) is 4.79 Å². The number of thiazole rings is 1. The molecule has 0 radical (unpaired) electrons. The van der Waals surface area contributed by atoms with E-state index in [4.69, 9.17) is 5.73 Å². The molecule has 0 saturated heterocycles. The minimum absolute atomic E-state index is 0.134. The molecule has 17 heavy (non-hydrogen) atoms. The van der Waals surface area contributed by atoms with Gasteiger partial charge in [-0.3, -0.25) is 4.79 Å². The fourth-order valence-corrected chi connectivity index (χ4v) is 2.27. The molecule has 1 aromatic rings. The summed E-state index contributed by atoms with van der Waals surface area (Å²) in [4.78, 5) is 18.9. The van der Waals surface area contributed by atoms with E-state index in [1.165, 1.54) is 0 Å². The molecule has 0 spiro atoms. The fourth-order valence-electron chi connectivity index (χ4n) is 1.42. The Morgan fingerprint density at radius 1 is 1.59 bits per heavy atom. The van der Waals surface area contributed by atoms with Crippen LogP contribution in [0.3, 0.4) is 0 Å². The molecule has 1 rings (SSSR count). The Labute approximate surface area is 107 Å². The van der Waals surface area contributed by atoms with Gasteiger partial charge in [0.2, 0.25) is 5.91 Å². The summed E-state index contributed by atoms with van der Waals surface area (Å²) in [6.45, 7) is 6.47. The Bertz CT molecular complexity index is 381. The van der Waals surface area contributed by atoms with Crippen LogP contribution >= 0.6 is 11.3 Å². The third-order valence-corrected chi connectivity index (χ3v) is 3.37. The number of nitrogens with zero attached hydrogens (tertiary/aromatic N) is 2. The van der Waals surface area contributed by atoms with Crippen LogP contribution in [0, 0.1) is 6.92 Å². The summed E-state index contributed by atoms with van der Waals surface area (Å²) < 4.78 is 0. The molecular weight excluding hydrogens is 234 g/mol. The Morgan fingerprint density at radius 2 is 2.24 bits per heavy atom. The second-order valence-corrected chi connectivity index (χ2v) is 6.40. The summed E-state index contributed by atoms with van der Waals surface area (Å²) in [5.41, 5.74) is 5.58. The van der Waals surface area contributed by atoms with Crippen LogP contribution in [0.2, 0.25) is 0 Å². The number of hydrogen-bond donors (Lipinski definition) is 1. The van der Waals surface area contributed by atoms with Gasteiger partial charge in [-0.05, 0) is 27.2 Å². The Morgan fingerprint density at radius 3 is 2.71 bits per heavy atom. The first kappa shape index (κ1) is 14.1. The number of aryl methyl sites for hydroxylation is 1. The molecule has 0 aliphatic heterocycles. The zero-order valence-electron chi connectivity index (χ0n) is 11.0. The molecule has 4 nitrogen and oxygen atoms in total. The zero-order valence-corrected chi connectivity index (χ0v) is 11.8. The second kappa shape index (κ2) is 5.60. The van der Waals surface area contributed by atoms with E-state index in [-0.39, 0.29) is 11.4 Å². The van der Waals surface area contributed by atoms with Crippen molar-refractivity contribution < 1.29 is 4.79 Å². The summed E-state index contributed by atoms with van der Waals surface area (Å²) in [5.74, 6) is 0.134. The molecule has 1 amide bonds. The van der Waals surface area contributed by atoms with E-state index in [0.29, 0.717) is 19.4 Å². The number of amides is 1. The van der Waals surface area contributed by atoms with Crippen molar-refractivity contribution in [3.05, 3.63) is 16.1 Å². The number of rotatable bonds is 5. The number of hydrogen-bond acceptors (Lipinski definition) is 4. The molecule has 1 aromatic heterocycles. The topological polar surface area (TPSA) is 59.2 Å². The summed E-state index contributed by atoms with van der Waals surface area (Å²) in [7, 11) is 1.82. The predicted octanol–water partition coefficient (Wildman–Crippen LogP) is 1.93. The molecule has 0 fully saturated rings. The molecule has 0 atom stereocenters. The van der Waals surface area contributed by atoms with Crippen molar-refractivity contribution in [2.24, 2.45) is 5.73 Å². The number of carbonyl (C=O) groups excluding carboxylic acids is 1. The monoisotopic (exact) mass is 255 g/mol. The summed E-state index contributed by atoms with van der Waals surface area (Å²) >= 11 is 1.63. The van der Waals surface area contributed by atoms with Crippen molar-refractivity contribution in [2.75, 3.05) is 7.05 Å². The third-order valence-electron chi connectivity index (χ3n) is 2.47. The van der Waals surface area contributed by atoms with E-state index in [2.05, 4.69) is 4.98 Å². The van der Waals surface area contributed by atoms with Gasteiger partial charge in [0.1, 0.15) is 0 Å². The molecule has 0 aliphatic rings. The van der Waals surface area contributed by atoms with E-state index in [0.717, 1.165) is 9.88 Å². The number of nitrogens with two attached hydrogens (primary N) is 1. The van der Waals surface area contributed by atoms with Crippen LogP contribution in [0.4, 0.5) is 0 Å². The summed E-state index contributed by atoms with van der Waals surface area (Å²) in [6, 6.07) is 0. The van der Waals surface area contributed by atoms with Crippen LogP contribution in [0.5, 0.6) is 0 Å². The van der Waals surface area contributed by atoms with Gasteiger partial charge >= 0.3 is 0 Å². The Kier molecular flexibility index (Phi) is 4.65. The average Bonchev–Trinajstić information content (AvgIpc) is 2.59. The minimum Gasteiger partial charge on any atom is -0.341 e. The molecule has 5 heteroatoms. The lowest BCUT2D eigenvalue weighted by atomic mass is 10.00. The van der Waals surface area contributed by atoms with Gasteiger partial charge in [-0.15, -0.1) is 11.3 Å². The molecule has 0 aromatic carbocycles. The van der Waals surface area contributed by atoms with E-state index in [1.807, 2.05) is 34.0 Å². The first-order valence-corrected chi connectivity index (χ1v) is 6.54. The number of carbonyl (C=O) groups is 1. The molecule has 2 N–H and O–H groups in total. The van der Waals surface area contributed by atoms with Crippen LogP contribution in [-0.2, 0) is 11.3 Å². The van der Waals surface area contributed by atoms with Gasteiger partial charge in [-0.25, -0.2) is 4.98 Å². The smallest absolute Gasteiger partial charge is 0.222 e. The average molecular weight is 255 g/mol. The normalized spacial score (nSPS) is 11.6. The van der Waals surface area contributed by atoms with Crippen LogP contribution in [0.1, 0.15) is 36.6 Å². The maximum absolute atomic E-state index is 11.9. The highest BCUT2D eigenvalue weighted by molar-refractivity contribution is 7.11. The van der Waals surface area contributed by atoms with Crippen molar-refractivity contribution in [3.63, 3.8) is 0 Å². The van der Waals surface area contributed by atoms with Crippen LogP contribution in [0.15, 0.2) is 6.20 Å². The van der Waals surface area contributed by atoms with Gasteiger partial charge < -0.3 is 10.6 Å². The highest BCUT2D eigenvalue weighted by Crippen LogP contribution is 2.15. The molecule has 96 valence electrons. The molecule has 1 heterocycles. The molecule has 0 saturated carbocycles. The van der Waals surface area contributed by atoms with E-state index in [1.54, 1.807) is 16.2 Å². The highest BCUT2D eigenvalue weighted by atomic mass is 32.1. The zero-order chi connectivity index (χ0) is 13.1. The molecule has 0 aliphatic carbocycles. The van der Waals surface area contributed by atoms with Gasteiger partial charge in [0, 0.05) is 30.1 Å². The lowest BCUT2D eigenvalue weighted by Crippen LogP contribution is -2.34. The minimum atomic E-state index is -0.280. The summed E-state index contributed by atoms with van der Waals surface area (Å²) in [5, 5.41) is 1.03. The molecule has 0 bridgehead atoms. The van der Waals surface area contributed by atoms with Gasteiger partial charge in [0.05, 0.1) is 11.6 Å². The van der Waals surface area contributed by atoms with Crippen molar-refractivity contribution in [3.8, 4) is 0 Å². The van der Waals surface area contributed by atoms with Gasteiger partial charge in [-0.1, -0.05) is 0 Å². The van der Waals surface area contributed by atoms with E-state index < -0.39 is 0 Å². The maximum Gasteiger partial charge on any atom is 0.222 e. The molecular formula is C12H21N3OS.